The summed E-state index contributed by atoms with van der Waals surface area (Å²) in [5.41, 5.74) is 0. The van der Waals surface area contributed by atoms with E-state index < -0.39 is 0 Å². The quantitative estimate of drug-likeness (QED) is 0.268. The molecule has 0 atom stereocenters. The van der Waals surface area contributed by atoms with Crippen molar-refractivity contribution in [2.45, 2.75) is 0 Å². The van der Waals surface area contributed by atoms with Crippen LogP contribution >= 0.6 is 0 Å². The summed E-state index contributed by atoms with van der Waals surface area (Å²) >= 11 is 0. The first-order chi connectivity index (χ1) is 2.91. The molecular formula is C4H4NO+. The van der Waals surface area contributed by atoms with E-state index in [4.69, 9.17) is 6.58 Å². The Morgan fingerprint density at radius 2 is 2.67 bits per heavy atom. The average Bonchev–Trinajstić information content (AvgIpc) is 1.61. The number of isocyanates is 1. The highest BCUT2D eigenvalue weighted by atomic mass is 16.1. The second-order valence-corrected chi connectivity index (χ2v) is 0.668. The standard InChI is InChI=1S/C4H4NO/c1-2-3-5-4-6/h1-2H,3H2/q+1. The van der Waals surface area contributed by atoms with Gasteiger partial charge in [0.2, 0.25) is 12.7 Å². The summed E-state index contributed by atoms with van der Waals surface area (Å²) in [6, 6.07) is 0. The van der Waals surface area contributed by atoms with Crippen molar-refractivity contribution in [2.75, 3.05) is 6.54 Å². The molecule has 2 nitrogen and oxygen atoms in total. The Labute approximate surface area is 36.2 Å². The summed E-state index contributed by atoms with van der Waals surface area (Å²) in [7, 11) is 0. The monoisotopic (exact) mass is 82.0 g/mol. The maximum Gasteiger partial charge on any atom is 0.235 e. The molecule has 0 fully saturated rings. The molecule has 0 rings (SSSR count). The Balaban J connectivity index is 3.07. The van der Waals surface area contributed by atoms with Gasteiger partial charge in [-0.1, -0.05) is 0 Å². The average molecular weight is 82.1 g/mol. The summed E-state index contributed by atoms with van der Waals surface area (Å²) in [5, 5.41) is 0. The molecule has 0 aliphatic rings. The minimum absolute atomic E-state index is 0.267. The highest BCUT2D eigenvalue weighted by Crippen LogP contribution is 1.60. The molecule has 0 aromatic carbocycles. The minimum atomic E-state index is 0.267. The summed E-state index contributed by atoms with van der Waals surface area (Å²) in [6.45, 7) is 5.08. The zero-order valence-corrected chi connectivity index (χ0v) is 3.22. The van der Waals surface area contributed by atoms with E-state index in [1.54, 1.807) is 0 Å². The van der Waals surface area contributed by atoms with Gasteiger partial charge in [-0.15, -0.1) is 0 Å². The molecule has 0 aliphatic carbocycles. The van der Waals surface area contributed by atoms with E-state index in [1.165, 1.54) is 12.2 Å². The third-order valence-corrected chi connectivity index (χ3v) is 0.261. The van der Waals surface area contributed by atoms with Crippen molar-refractivity contribution in [2.24, 2.45) is 4.99 Å². The Bertz CT molecular complexity index is 81.5. The molecule has 30 valence electrons. The van der Waals surface area contributed by atoms with Crippen LogP contribution in [0.5, 0.6) is 0 Å². The molecule has 0 spiro atoms. The molecule has 0 saturated heterocycles. The smallest absolute Gasteiger partial charge is 0.211 e. The number of rotatable bonds is 2. The molecule has 0 aromatic rings. The van der Waals surface area contributed by atoms with E-state index in [0.29, 0.717) is 0 Å². The maximum atomic E-state index is 9.20. The first kappa shape index (κ1) is 5.03. The Kier molecular flexibility index (Phi) is 3.38. The van der Waals surface area contributed by atoms with Gasteiger partial charge in [0.25, 0.3) is 0 Å². The maximum absolute atomic E-state index is 9.20. The van der Waals surface area contributed by atoms with Crippen LogP contribution in [0.15, 0.2) is 11.1 Å². The Hall–Kier alpha value is -0.970. The third-order valence-electron chi connectivity index (χ3n) is 0.261. The van der Waals surface area contributed by atoms with Crippen LogP contribution in [0.2, 0.25) is 0 Å². The lowest BCUT2D eigenvalue weighted by molar-refractivity contribution is 0.564. The van der Waals surface area contributed by atoms with Crippen LogP contribution in [-0.2, 0) is 4.79 Å². The van der Waals surface area contributed by atoms with Gasteiger partial charge in [0.15, 0.2) is 6.08 Å². The van der Waals surface area contributed by atoms with Crippen LogP contribution in [0.25, 0.3) is 0 Å². The molecule has 2 heteroatoms. The lowest BCUT2D eigenvalue weighted by Gasteiger charge is -1.56. The van der Waals surface area contributed by atoms with Crippen LogP contribution in [-0.4, -0.2) is 12.6 Å². The zero-order valence-electron chi connectivity index (χ0n) is 3.22. The summed E-state index contributed by atoms with van der Waals surface area (Å²) in [5.74, 6) is 0. The number of aliphatic imine (C=N–C) groups is 1. The molecule has 0 bridgehead atoms. The fourth-order valence-electron chi connectivity index (χ4n) is 0.0900. The molecule has 0 amide bonds. The van der Waals surface area contributed by atoms with E-state index in [2.05, 4.69) is 4.99 Å². The number of hydrogen-bond donors (Lipinski definition) is 0. The van der Waals surface area contributed by atoms with Gasteiger partial charge in [-0.25, -0.2) is 4.79 Å². The van der Waals surface area contributed by atoms with Crippen LogP contribution in [0.1, 0.15) is 0 Å². The van der Waals surface area contributed by atoms with Gasteiger partial charge in [0.05, 0.1) is 0 Å². The fraction of sp³-hybridized carbons (Fsp3) is 0.250. The molecule has 0 saturated carbocycles. The molecule has 0 aliphatic heterocycles. The van der Waals surface area contributed by atoms with Crippen LogP contribution < -0.4 is 0 Å². The second kappa shape index (κ2) is 4.03. The van der Waals surface area contributed by atoms with Gasteiger partial charge in [0, 0.05) is 0 Å². The lowest BCUT2D eigenvalue weighted by atomic mass is 10.7. The van der Waals surface area contributed by atoms with Crippen molar-refractivity contribution in [3.8, 4) is 0 Å². The summed E-state index contributed by atoms with van der Waals surface area (Å²) in [6.07, 6.45) is 2.62. The summed E-state index contributed by atoms with van der Waals surface area (Å²) < 4.78 is 0. The first-order valence-corrected chi connectivity index (χ1v) is 1.49. The largest absolute Gasteiger partial charge is 0.235 e. The zero-order chi connectivity index (χ0) is 4.83. The summed E-state index contributed by atoms with van der Waals surface area (Å²) in [4.78, 5) is 12.3. The van der Waals surface area contributed by atoms with Gasteiger partial charge in [0.1, 0.15) is 6.54 Å². The third kappa shape index (κ3) is 3.03. The Morgan fingerprint density at radius 1 is 2.00 bits per heavy atom. The van der Waals surface area contributed by atoms with Crippen LogP contribution in [0, 0.1) is 6.58 Å². The van der Waals surface area contributed by atoms with Crippen molar-refractivity contribution < 1.29 is 4.79 Å². The van der Waals surface area contributed by atoms with Gasteiger partial charge < -0.3 is 0 Å². The molecule has 0 unspecified atom stereocenters. The highest BCUT2D eigenvalue weighted by Gasteiger charge is 1.68. The van der Waals surface area contributed by atoms with Crippen LogP contribution in [0.4, 0.5) is 0 Å². The lowest BCUT2D eigenvalue weighted by Crippen LogP contribution is -1.63. The number of carbonyl (C=O) groups excluding carboxylic acids is 1. The van der Waals surface area contributed by atoms with E-state index in [1.807, 2.05) is 0 Å². The van der Waals surface area contributed by atoms with Crippen molar-refractivity contribution in [1.29, 1.82) is 0 Å². The van der Waals surface area contributed by atoms with Gasteiger partial charge in [-0.05, 0) is 0 Å². The van der Waals surface area contributed by atoms with Gasteiger partial charge >= 0.3 is 0 Å². The van der Waals surface area contributed by atoms with Gasteiger partial charge in [-0.3, -0.25) is 0 Å². The normalized spacial score (nSPS) is 5.83. The number of nitrogens with zero attached hydrogens (tertiary/aromatic N) is 1. The van der Waals surface area contributed by atoms with E-state index in [9.17, 15) is 4.79 Å². The van der Waals surface area contributed by atoms with Crippen molar-refractivity contribution in [3.63, 3.8) is 0 Å². The highest BCUT2D eigenvalue weighted by molar-refractivity contribution is 5.33. The number of hydrogen-bond acceptors (Lipinski definition) is 2. The van der Waals surface area contributed by atoms with Gasteiger partial charge in [-0.2, -0.15) is 4.99 Å². The second-order valence-electron chi connectivity index (χ2n) is 0.668. The first-order valence-electron chi connectivity index (χ1n) is 1.49. The van der Waals surface area contributed by atoms with E-state index >= 15 is 0 Å². The van der Waals surface area contributed by atoms with E-state index in [0.717, 1.165) is 0 Å². The molecule has 6 heavy (non-hydrogen) atoms. The minimum Gasteiger partial charge on any atom is -0.211 e. The molecule has 0 heterocycles. The molecular weight excluding hydrogens is 78.0 g/mol. The Morgan fingerprint density at radius 3 is 2.83 bits per heavy atom. The van der Waals surface area contributed by atoms with E-state index in [-0.39, 0.29) is 6.54 Å². The topological polar surface area (TPSA) is 29.4 Å². The van der Waals surface area contributed by atoms with Crippen LogP contribution in [0.3, 0.4) is 0 Å². The van der Waals surface area contributed by atoms with Crippen molar-refractivity contribution in [1.82, 2.24) is 0 Å². The van der Waals surface area contributed by atoms with Crippen molar-refractivity contribution in [3.05, 3.63) is 12.7 Å². The molecule has 0 N–H and O–H groups in total. The van der Waals surface area contributed by atoms with Crippen molar-refractivity contribution >= 4 is 6.08 Å². The molecule has 0 aromatic heterocycles. The SMILES string of the molecule is [CH+]=CCN=C=O. The predicted molar refractivity (Wildman–Crippen MR) is 21.9 cm³/mol. The fourth-order valence-corrected chi connectivity index (χ4v) is 0.0900. The molecule has 0 radical (unpaired) electrons. The predicted octanol–water partition coefficient (Wildman–Crippen LogP) is 0.311.